The second-order valence-electron chi connectivity index (χ2n) is 4.74. The zero-order chi connectivity index (χ0) is 15.2. The molecule has 8 nitrogen and oxygen atoms in total. The number of aliphatic hydroxyl groups excluding tert-OH is 1. The second-order valence-corrected chi connectivity index (χ2v) is 5.49. The standard InChI is InChI=1S/C12H18N6O2S/c1-8(2)11-16-12(21-17-11)15-9-5-14-18(6-9)7-10(20)13-3-4-19/h5-6,8,19H,3-4,7H2,1-2H3,(H,13,20)(H,15,16,17). The Balaban J connectivity index is 1.91. The lowest BCUT2D eigenvalue weighted by molar-refractivity contribution is -0.122. The van der Waals surface area contributed by atoms with Gasteiger partial charge >= 0.3 is 0 Å². The molecule has 2 aromatic rings. The first-order valence-electron chi connectivity index (χ1n) is 6.59. The van der Waals surface area contributed by atoms with Gasteiger partial charge in [-0.1, -0.05) is 13.8 Å². The Kier molecular flexibility index (Phi) is 5.23. The molecule has 0 unspecified atom stereocenters. The summed E-state index contributed by atoms with van der Waals surface area (Å²) in [7, 11) is 0. The van der Waals surface area contributed by atoms with Crippen molar-refractivity contribution in [1.29, 1.82) is 0 Å². The number of hydrogen-bond acceptors (Lipinski definition) is 7. The second kappa shape index (κ2) is 7.14. The molecule has 21 heavy (non-hydrogen) atoms. The molecule has 0 radical (unpaired) electrons. The summed E-state index contributed by atoms with van der Waals surface area (Å²) in [6, 6.07) is 0. The predicted molar refractivity (Wildman–Crippen MR) is 79.6 cm³/mol. The minimum atomic E-state index is -0.197. The third-order valence-electron chi connectivity index (χ3n) is 2.58. The highest BCUT2D eigenvalue weighted by molar-refractivity contribution is 7.09. The number of aromatic nitrogens is 4. The third-order valence-corrected chi connectivity index (χ3v) is 3.23. The number of aliphatic hydroxyl groups is 1. The molecule has 0 aliphatic rings. The van der Waals surface area contributed by atoms with Crippen LogP contribution in [-0.4, -0.2) is 43.3 Å². The molecule has 0 saturated carbocycles. The van der Waals surface area contributed by atoms with Gasteiger partial charge in [-0.05, 0) is 0 Å². The molecule has 0 bridgehead atoms. The van der Waals surface area contributed by atoms with Gasteiger partial charge < -0.3 is 15.7 Å². The van der Waals surface area contributed by atoms with Crippen molar-refractivity contribution in [3.63, 3.8) is 0 Å². The van der Waals surface area contributed by atoms with Crippen molar-refractivity contribution < 1.29 is 9.90 Å². The molecule has 9 heteroatoms. The summed E-state index contributed by atoms with van der Waals surface area (Å²) in [5.74, 6) is 0.893. The lowest BCUT2D eigenvalue weighted by Gasteiger charge is -2.02. The van der Waals surface area contributed by atoms with Gasteiger partial charge in [0.2, 0.25) is 11.0 Å². The summed E-state index contributed by atoms with van der Waals surface area (Å²) in [5.41, 5.74) is 0.747. The van der Waals surface area contributed by atoms with Gasteiger partial charge in [0, 0.05) is 30.2 Å². The van der Waals surface area contributed by atoms with E-state index in [9.17, 15) is 4.79 Å². The van der Waals surface area contributed by atoms with Gasteiger partial charge in [-0.25, -0.2) is 4.98 Å². The molecule has 2 rings (SSSR count). The van der Waals surface area contributed by atoms with Crippen LogP contribution >= 0.6 is 11.5 Å². The minimum Gasteiger partial charge on any atom is -0.395 e. The fourth-order valence-electron chi connectivity index (χ4n) is 1.56. The summed E-state index contributed by atoms with van der Waals surface area (Å²) in [5, 5.41) is 19.1. The zero-order valence-electron chi connectivity index (χ0n) is 11.9. The Morgan fingerprint density at radius 1 is 1.52 bits per heavy atom. The van der Waals surface area contributed by atoms with Crippen molar-refractivity contribution in [2.45, 2.75) is 26.3 Å². The van der Waals surface area contributed by atoms with Gasteiger partial charge in [0.05, 0.1) is 18.5 Å². The molecule has 2 aromatic heterocycles. The average molecular weight is 310 g/mol. The molecule has 1 amide bonds. The van der Waals surface area contributed by atoms with Crippen LogP contribution in [0.1, 0.15) is 25.6 Å². The predicted octanol–water partition coefficient (Wildman–Crippen LogP) is 0.710. The lowest BCUT2D eigenvalue weighted by Crippen LogP contribution is -2.30. The van der Waals surface area contributed by atoms with Crippen LogP contribution in [0.3, 0.4) is 0 Å². The Bertz CT molecular complexity index is 594. The monoisotopic (exact) mass is 310 g/mol. The van der Waals surface area contributed by atoms with Crippen LogP contribution in [-0.2, 0) is 11.3 Å². The molecule has 0 aliphatic heterocycles. The van der Waals surface area contributed by atoms with E-state index in [1.165, 1.54) is 16.2 Å². The Hall–Kier alpha value is -2.00. The first-order chi connectivity index (χ1) is 10.1. The van der Waals surface area contributed by atoms with E-state index in [1.54, 1.807) is 12.4 Å². The summed E-state index contributed by atoms with van der Waals surface area (Å²) >= 11 is 1.29. The summed E-state index contributed by atoms with van der Waals surface area (Å²) in [6.07, 6.45) is 3.34. The maximum absolute atomic E-state index is 11.5. The highest BCUT2D eigenvalue weighted by Gasteiger charge is 2.09. The summed E-state index contributed by atoms with van der Waals surface area (Å²) in [6.45, 7) is 4.35. The molecule has 2 heterocycles. The lowest BCUT2D eigenvalue weighted by atomic mass is 10.2. The van der Waals surface area contributed by atoms with E-state index in [4.69, 9.17) is 5.11 Å². The molecule has 0 saturated heterocycles. The fourth-order valence-corrected chi connectivity index (χ4v) is 2.29. The third kappa shape index (κ3) is 4.50. The smallest absolute Gasteiger partial charge is 0.241 e. The van der Waals surface area contributed by atoms with Gasteiger partial charge in [-0.2, -0.15) is 9.47 Å². The number of amides is 1. The van der Waals surface area contributed by atoms with Gasteiger partial charge in [-0.3, -0.25) is 9.48 Å². The number of carbonyl (C=O) groups is 1. The average Bonchev–Trinajstić information content (AvgIpc) is 3.06. The zero-order valence-corrected chi connectivity index (χ0v) is 12.7. The van der Waals surface area contributed by atoms with E-state index >= 15 is 0 Å². The quantitative estimate of drug-likeness (QED) is 0.695. The van der Waals surface area contributed by atoms with Crippen LogP contribution in [0.4, 0.5) is 10.8 Å². The number of anilines is 2. The van der Waals surface area contributed by atoms with E-state index in [0.717, 1.165) is 11.5 Å². The van der Waals surface area contributed by atoms with Crippen LogP contribution in [0.2, 0.25) is 0 Å². The van der Waals surface area contributed by atoms with E-state index in [-0.39, 0.29) is 31.5 Å². The van der Waals surface area contributed by atoms with Gasteiger partial charge in [0.25, 0.3) is 0 Å². The van der Waals surface area contributed by atoms with Crippen molar-refractivity contribution >= 4 is 28.3 Å². The van der Waals surface area contributed by atoms with Gasteiger partial charge in [-0.15, -0.1) is 0 Å². The minimum absolute atomic E-state index is 0.0765. The maximum atomic E-state index is 11.5. The fraction of sp³-hybridized carbons (Fsp3) is 0.500. The molecule has 3 N–H and O–H groups in total. The van der Waals surface area contributed by atoms with Crippen molar-refractivity contribution in [3.8, 4) is 0 Å². The van der Waals surface area contributed by atoms with Crippen molar-refractivity contribution in [3.05, 3.63) is 18.2 Å². The molecule has 114 valence electrons. The molecular weight excluding hydrogens is 292 g/mol. The van der Waals surface area contributed by atoms with Crippen LogP contribution in [0.25, 0.3) is 0 Å². The topological polar surface area (TPSA) is 105 Å². The molecule has 0 aliphatic carbocycles. The van der Waals surface area contributed by atoms with E-state index in [1.807, 2.05) is 13.8 Å². The van der Waals surface area contributed by atoms with Gasteiger partial charge in [0.15, 0.2) is 0 Å². The number of nitrogens with one attached hydrogen (secondary N) is 2. The highest BCUT2D eigenvalue weighted by Crippen LogP contribution is 2.21. The summed E-state index contributed by atoms with van der Waals surface area (Å²) in [4.78, 5) is 15.9. The summed E-state index contributed by atoms with van der Waals surface area (Å²) < 4.78 is 5.77. The Morgan fingerprint density at radius 3 is 3.00 bits per heavy atom. The first kappa shape index (κ1) is 15.4. The molecule has 0 spiro atoms. The van der Waals surface area contributed by atoms with Crippen LogP contribution in [0.15, 0.2) is 12.4 Å². The number of carbonyl (C=O) groups excluding carboxylic acids is 1. The normalized spacial score (nSPS) is 10.9. The van der Waals surface area contributed by atoms with Gasteiger partial charge in [0.1, 0.15) is 12.4 Å². The van der Waals surface area contributed by atoms with Crippen molar-refractivity contribution in [2.75, 3.05) is 18.5 Å². The molecule has 0 atom stereocenters. The van der Waals surface area contributed by atoms with E-state index in [2.05, 4.69) is 25.1 Å². The Morgan fingerprint density at radius 2 is 2.33 bits per heavy atom. The van der Waals surface area contributed by atoms with Crippen LogP contribution < -0.4 is 10.6 Å². The highest BCUT2D eigenvalue weighted by atomic mass is 32.1. The van der Waals surface area contributed by atoms with Crippen LogP contribution in [0.5, 0.6) is 0 Å². The molecule has 0 aromatic carbocycles. The molecule has 0 fully saturated rings. The van der Waals surface area contributed by atoms with E-state index in [0.29, 0.717) is 5.13 Å². The maximum Gasteiger partial charge on any atom is 0.241 e. The van der Waals surface area contributed by atoms with E-state index < -0.39 is 0 Å². The van der Waals surface area contributed by atoms with Crippen LogP contribution in [0, 0.1) is 0 Å². The Labute approximate surface area is 126 Å². The number of nitrogens with zero attached hydrogens (tertiary/aromatic N) is 4. The number of hydrogen-bond donors (Lipinski definition) is 3. The molecular formula is C12H18N6O2S. The first-order valence-corrected chi connectivity index (χ1v) is 7.36. The number of rotatable bonds is 7. The largest absolute Gasteiger partial charge is 0.395 e. The SMILES string of the molecule is CC(C)c1nsc(Nc2cnn(CC(=O)NCCO)c2)n1. The van der Waals surface area contributed by atoms with Crippen molar-refractivity contribution in [1.82, 2.24) is 24.5 Å². The van der Waals surface area contributed by atoms with Crippen molar-refractivity contribution in [2.24, 2.45) is 0 Å².